The molecule has 1 unspecified atom stereocenters. The average Bonchev–Trinajstić information content (AvgIpc) is 2.33. The van der Waals surface area contributed by atoms with Gasteiger partial charge in [0, 0.05) is 17.7 Å². The SMILES string of the molecule is CCOC1CC(CC(NN)c2ccccc2Cl)C1. The molecule has 1 fully saturated rings. The van der Waals surface area contributed by atoms with Crippen molar-refractivity contribution in [3.8, 4) is 0 Å². The van der Waals surface area contributed by atoms with Gasteiger partial charge in [0.1, 0.15) is 0 Å². The van der Waals surface area contributed by atoms with Crippen LogP contribution in [0.2, 0.25) is 5.02 Å². The summed E-state index contributed by atoms with van der Waals surface area (Å²) in [4.78, 5) is 0. The number of ether oxygens (including phenoxy) is 1. The summed E-state index contributed by atoms with van der Waals surface area (Å²) in [5, 5.41) is 0.779. The van der Waals surface area contributed by atoms with Gasteiger partial charge < -0.3 is 4.74 Å². The molecule has 0 saturated heterocycles. The molecule has 1 atom stereocenters. The number of hydrogen-bond donors (Lipinski definition) is 2. The van der Waals surface area contributed by atoms with Crippen LogP contribution in [-0.4, -0.2) is 12.7 Å². The van der Waals surface area contributed by atoms with E-state index < -0.39 is 0 Å². The number of hydrogen-bond acceptors (Lipinski definition) is 3. The Morgan fingerprint density at radius 3 is 2.78 bits per heavy atom. The molecule has 0 bridgehead atoms. The number of rotatable bonds is 6. The monoisotopic (exact) mass is 268 g/mol. The summed E-state index contributed by atoms with van der Waals surface area (Å²) < 4.78 is 5.57. The average molecular weight is 269 g/mol. The van der Waals surface area contributed by atoms with E-state index in [0.29, 0.717) is 12.0 Å². The highest BCUT2D eigenvalue weighted by Gasteiger charge is 2.31. The van der Waals surface area contributed by atoms with Crippen LogP contribution in [0.25, 0.3) is 0 Å². The molecule has 2 rings (SSSR count). The Kier molecular flexibility index (Phi) is 5.01. The molecule has 18 heavy (non-hydrogen) atoms. The summed E-state index contributed by atoms with van der Waals surface area (Å²) in [6, 6.07) is 8.01. The van der Waals surface area contributed by atoms with Crippen LogP contribution in [0.4, 0.5) is 0 Å². The van der Waals surface area contributed by atoms with Crippen LogP contribution >= 0.6 is 11.6 Å². The lowest BCUT2D eigenvalue weighted by Gasteiger charge is -2.37. The zero-order valence-corrected chi connectivity index (χ0v) is 11.5. The van der Waals surface area contributed by atoms with Crippen LogP contribution in [0, 0.1) is 5.92 Å². The molecule has 0 aliphatic heterocycles. The molecule has 1 saturated carbocycles. The Morgan fingerprint density at radius 1 is 1.44 bits per heavy atom. The highest BCUT2D eigenvalue weighted by atomic mass is 35.5. The topological polar surface area (TPSA) is 47.3 Å². The molecular formula is C14H21ClN2O. The zero-order valence-electron chi connectivity index (χ0n) is 10.7. The lowest BCUT2D eigenvalue weighted by Crippen LogP contribution is -2.36. The van der Waals surface area contributed by atoms with Gasteiger partial charge in [-0.3, -0.25) is 11.3 Å². The fraction of sp³-hybridized carbons (Fsp3) is 0.571. The second-order valence-electron chi connectivity index (χ2n) is 4.89. The van der Waals surface area contributed by atoms with E-state index in [2.05, 4.69) is 5.43 Å². The first kappa shape index (κ1) is 13.8. The van der Waals surface area contributed by atoms with E-state index >= 15 is 0 Å². The molecule has 1 aromatic rings. The number of halogens is 1. The van der Waals surface area contributed by atoms with Gasteiger partial charge in [-0.25, -0.2) is 0 Å². The molecule has 1 aliphatic carbocycles. The Morgan fingerprint density at radius 2 is 2.17 bits per heavy atom. The van der Waals surface area contributed by atoms with Crippen LogP contribution < -0.4 is 11.3 Å². The van der Waals surface area contributed by atoms with Gasteiger partial charge in [0.15, 0.2) is 0 Å². The summed E-state index contributed by atoms with van der Waals surface area (Å²) in [5.41, 5.74) is 3.96. The summed E-state index contributed by atoms with van der Waals surface area (Å²) in [6.45, 7) is 2.85. The first-order valence-electron chi connectivity index (χ1n) is 6.56. The fourth-order valence-electron chi connectivity index (χ4n) is 2.61. The summed E-state index contributed by atoms with van der Waals surface area (Å²) in [7, 11) is 0. The predicted octanol–water partition coefficient (Wildman–Crippen LogP) is 3.05. The third-order valence-electron chi connectivity index (χ3n) is 3.65. The largest absolute Gasteiger partial charge is 0.378 e. The molecule has 4 heteroatoms. The van der Waals surface area contributed by atoms with E-state index in [1.807, 2.05) is 31.2 Å². The van der Waals surface area contributed by atoms with Gasteiger partial charge in [-0.15, -0.1) is 0 Å². The molecule has 100 valence electrons. The third kappa shape index (κ3) is 3.23. The minimum atomic E-state index is 0.131. The first-order chi connectivity index (χ1) is 8.74. The molecule has 0 heterocycles. The normalized spacial score (nSPS) is 24.6. The number of hydrazine groups is 1. The number of nitrogens with two attached hydrogens (primary N) is 1. The van der Waals surface area contributed by atoms with E-state index in [1.54, 1.807) is 0 Å². The maximum atomic E-state index is 6.20. The molecule has 0 aromatic heterocycles. The molecular weight excluding hydrogens is 248 g/mol. The number of benzene rings is 1. The molecule has 0 radical (unpaired) electrons. The van der Waals surface area contributed by atoms with Gasteiger partial charge in [0.25, 0.3) is 0 Å². The minimum absolute atomic E-state index is 0.131. The standard InChI is InChI=1S/C14H21ClN2O/c1-2-18-11-7-10(8-11)9-14(17-16)12-5-3-4-6-13(12)15/h3-6,10-11,14,17H,2,7-9,16H2,1H3. The second kappa shape index (κ2) is 6.53. The molecule has 3 nitrogen and oxygen atoms in total. The highest BCUT2D eigenvalue weighted by Crippen LogP contribution is 2.37. The van der Waals surface area contributed by atoms with Crippen LogP contribution in [0.3, 0.4) is 0 Å². The summed E-state index contributed by atoms with van der Waals surface area (Å²) >= 11 is 6.20. The molecule has 1 aliphatic rings. The van der Waals surface area contributed by atoms with Gasteiger partial charge in [-0.1, -0.05) is 29.8 Å². The molecule has 0 amide bonds. The van der Waals surface area contributed by atoms with Crippen LogP contribution in [0.15, 0.2) is 24.3 Å². The van der Waals surface area contributed by atoms with Crippen LogP contribution in [0.5, 0.6) is 0 Å². The van der Waals surface area contributed by atoms with Crippen molar-refractivity contribution in [2.45, 2.75) is 38.3 Å². The molecule has 1 aromatic carbocycles. The van der Waals surface area contributed by atoms with Crippen LogP contribution in [-0.2, 0) is 4.74 Å². The van der Waals surface area contributed by atoms with Gasteiger partial charge in [-0.2, -0.15) is 0 Å². The summed E-state index contributed by atoms with van der Waals surface area (Å²) in [5.74, 6) is 6.33. The van der Waals surface area contributed by atoms with Crippen LogP contribution in [0.1, 0.15) is 37.8 Å². The maximum absolute atomic E-state index is 6.20. The Bertz CT molecular complexity index is 380. The van der Waals surface area contributed by atoms with Crippen molar-refractivity contribution >= 4 is 11.6 Å². The zero-order chi connectivity index (χ0) is 13.0. The van der Waals surface area contributed by atoms with E-state index in [-0.39, 0.29) is 6.04 Å². The van der Waals surface area contributed by atoms with Crippen molar-refractivity contribution in [3.63, 3.8) is 0 Å². The fourth-order valence-corrected chi connectivity index (χ4v) is 2.88. The van der Waals surface area contributed by atoms with E-state index in [1.165, 1.54) is 0 Å². The molecule has 0 spiro atoms. The highest BCUT2D eigenvalue weighted by molar-refractivity contribution is 6.31. The van der Waals surface area contributed by atoms with Gasteiger partial charge >= 0.3 is 0 Å². The van der Waals surface area contributed by atoms with E-state index in [4.69, 9.17) is 22.2 Å². The second-order valence-corrected chi connectivity index (χ2v) is 5.30. The van der Waals surface area contributed by atoms with Gasteiger partial charge in [0.05, 0.1) is 6.10 Å². The van der Waals surface area contributed by atoms with E-state index in [0.717, 1.165) is 36.5 Å². The van der Waals surface area contributed by atoms with Gasteiger partial charge in [0.2, 0.25) is 0 Å². The van der Waals surface area contributed by atoms with Crippen molar-refractivity contribution in [2.24, 2.45) is 11.8 Å². The number of nitrogens with one attached hydrogen (secondary N) is 1. The first-order valence-corrected chi connectivity index (χ1v) is 6.94. The lowest BCUT2D eigenvalue weighted by atomic mass is 9.77. The van der Waals surface area contributed by atoms with Crippen molar-refractivity contribution in [1.82, 2.24) is 5.43 Å². The minimum Gasteiger partial charge on any atom is -0.378 e. The Hall–Kier alpha value is -0.610. The van der Waals surface area contributed by atoms with Crippen molar-refractivity contribution < 1.29 is 4.74 Å². The van der Waals surface area contributed by atoms with Crippen molar-refractivity contribution in [3.05, 3.63) is 34.9 Å². The maximum Gasteiger partial charge on any atom is 0.0580 e. The summed E-state index contributed by atoms with van der Waals surface area (Å²) in [6.07, 6.45) is 3.74. The lowest BCUT2D eigenvalue weighted by molar-refractivity contribution is -0.0291. The Labute approximate surface area is 114 Å². The van der Waals surface area contributed by atoms with Gasteiger partial charge in [-0.05, 0) is 43.7 Å². The third-order valence-corrected chi connectivity index (χ3v) is 3.99. The molecule has 3 N–H and O–H groups in total. The Balaban J connectivity index is 1.89. The van der Waals surface area contributed by atoms with E-state index in [9.17, 15) is 0 Å². The predicted molar refractivity (Wildman–Crippen MR) is 74.3 cm³/mol. The smallest absolute Gasteiger partial charge is 0.0580 e. The van der Waals surface area contributed by atoms with Crippen molar-refractivity contribution in [1.29, 1.82) is 0 Å². The quantitative estimate of drug-likeness (QED) is 0.616. The van der Waals surface area contributed by atoms with Crippen molar-refractivity contribution in [2.75, 3.05) is 6.61 Å².